The summed E-state index contributed by atoms with van der Waals surface area (Å²) in [6, 6.07) is 3.63. The predicted molar refractivity (Wildman–Crippen MR) is 64.1 cm³/mol. The van der Waals surface area contributed by atoms with E-state index in [1.54, 1.807) is 0 Å². The maximum absolute atomic E-state index is 13.9. The van der Waals surface area contributed by atoms with E-state index in [0.29, 0.717) is 6.54 Å². The molecule has 1 heterocycles. The van der Waals surface area contributed by atoms with Crippen molar-refractivity contribution in [3.63, 3.8) is 0 Å². The third-order valence-corrected chi connectivity index (χ3v) is 3.40. The van der Waals surface area contributed by atoms with Gasteiger partial charge in [-0.1, -0.05) is 12.1 Å². The van der Waals surface area contributed by atoms with E-state index >= 15 is 0 Å². The molecular weight excluding hydrogens is 260 g/mol. The van der Waals surface area contributed by atoms with E-state index in [9.17, 15) is 17.6 Å². The largest absolute Gasteiger partial charge is 0.419 e. The van der Waals surface area contributed by atoms with E-state index in [0.717, 1.165) is 19.2 Å². The molecule has 0 bridgehead atoms. The second-order valence-electron chi connectivity index (χ2n) is 4.80. The van der Waals surface area contributed by atoms with Crippen LogP contribution in [0.5, 0.6) is 0 Å². The van der Waals surface area contributed by atoms with Gasteiger partial charge in [-0.05, 0) is 13.0 Å². The molecule has 1 atom stereocenters. The fraction of sp³-hybridized carbons (Fsp3) is 0.538. The predicted octanol–water partition coefficient (Wildman–Crippen LogP) is 2.64. The molecule has 1 N–H and O–H groups in total. The Labute approximate surface area is 109 Å². The number of hydrogen-bond acceptors (Lipinski definition) is 2. The highest BCUT2D eigenvalue weighted by atomic mass is 19.4. The zero-order valence-corrected chi connectivity index (χ0v) is 10.6. The average molecular weight is 276 g/mol. The Morgan fingerprint density at radius 2 is 2.11 bits per heavy atom. The van der Waals surface area contributed by atoms with Crippen LogP contribution < -0.4 is 5.32 Å². The molecular formula is C13H16F4N2. The molecule has 1 saturated heterocycles. The van der Waals surface area contributed by atoms with Crippen molar-refractivity contribution in [2.75, 3.05) is 19.6 Å². The van der Waals surface area contributed by atoms with Crippen molar-refractivity contribution >= 4 is 0 Å². The Hall–Kier alpha value is -1.14. The zero-order valence-electron chi connectivity index (χ0n) is 10.6. The minimum absolute atomic E-state index is 0.101. The van der Waals surface area contributed by atoms with Crippen LogP contribution in [0.15, 0.2) is 18.2 Å². The summed E-state index contributed by atoms with van der Waals surface area (Å²) >= 11 is 0. The number of alkyl halides is 3. The van der Waals surface area contributed by atoms with Crippen molar-refractivity contribution in [1.29, 1.82) is 0 Å². The monoisotopic (exact) mass is 276 g/mol. The molecule has 0 radical (unpaired) electrons. The number of piperazine rings is 1. The maximum Gasteiger partial charge on any atom is 0.419 e. The van der Waals surface area contributed by atoms with Crippen LogP contribution >= 0.6 is 0 Å². The van der Waals surface area contributed by atoms with Gasteiger partial charge in [0.25, 0.3) is 0 Å². The quantitative estimate of drug-likeness (QED) is 0.835. The Morgan fingerprint density at radius 1 is 1.37 bits per heavy atom. The SMILES string of the molecule is C[C@H]1CNCCN1Cc1cccc(C(F)(F)F)c1F. The normalized spacial score (nSPS) is 21.6. The van der Waals surface area contributed by atoms with E-state index in [-0.39, 0.29) is 18.2 Å². The third-order valence-electron chi connectivity index (χ3n) is 3.40. The Balaban J connectivity index is 2.21. The highest BCUT2D eigenvalue weighted by Crippen LogP contribution is 2.32. The van der Waals surface area contributed by atoms with Crippen LogP contribution in [-0.2, 0) is 12.7 Å². The minimum atomic E-state index is -4.64. The zero-order chi connectivity index (χ0) is 14.0. The van der Waals surface area contributed by atoms with Crippen LogP contribution in [0.2, 0.25) is 0 Å². The van der Waals surface area contributed by atoms with E-state index in [1.807, 2.05) is 11.8 Å². The maximum atomic E-state index is 13.9. The molecule has 2 rings (SSSR count). The van der Waals surface area contributed by atoms with Crippen molar-refractivity contribution in [2.24, 2.45) is 0 Å². The number of hydrogen-bond donors (Lipinski definition) is 1. The van der Waals surface area contributed by atoms with Crippen LogP contribution in [-0.4, -0.2) is 30.6 Å². The third kappa shape index (κ3) is 3.25. The van der Waals surface area contributed by atoms with Crippen LogP contribution in [0.3, 0.4) is 0 Å². The fourth-order valence-corrected chi connectivity index (χ4v) is 2.26. The molecule has 0 aromatic heterocycles. The van der Waals surface area contributed by atoms with Gasteiger partial charge in [-0.2, -0.15) is 13.2 Å². The van der Waals surface area contributed by atoms with Gasteiger partial charge in [0.1, 0.15) is 5.82 Å². The van der Waals surface area contributed by atoms with Crippen LogP contribution in [0.4, 0.5) is 17.6 Å². The van der Waals surface area contributed by atoms with Crippen molar-refractivity contribution in [1.82, 2.24) is 10.2 Å². The molecule has 0 amide bonds. The number of benzene rings is 1. The molecule has 1 aliphatic rings. The first-order valence-electron chi connectivity index (χ1n) is 6.19. The fourth-order valence-electron chi connectivity index (χ4n) is 2.26. The molecule has 1 aromatic carbocycles. The highest BCUT2D eigenvalue weighted by molar-refractivity contribution is 5.28. The second-order valence-corrected chi connectivity index (χ2v) is 4.80. The minimum Gasteiger partial charge on any atom is -0.314 e. The van der Waals surface area contributed by atoms with Crippen LogP contribution in [0.25, 0.3) is 0 Å². The van der Waals surface area contributed by atoms with Gasteiger partial charge in [0, 0.05) is 37.8 Å². The van der Waals surface area contributed by atoms with Gasteiger partial charge in [0.2, 0.25) is 0 Å². The Bertz CT molecular complexity index is 445. The van der Waals surface area contributed by atoms with Gasteiger partial charge in [0.15, 0.2) is 0 Å². The molecule has 19 heavy (non-hydrogen) atoms. The summed E-state index contributed by atoms with van der Waals surface area (Å²) in [6.45, 7) is 4.42. The van der Waals surface area contributed by atoms with E-state index in [4.69, 9.17) is 0 Å². The van der Waals surface area contributed by atoms with Gasteiger partial charge in [0.05, 0.1) is 5.56 Å². The first-order chi connectivity index (χ1) is 8.89. The van der Waals surface area contributed by atoms with Gasteiger partial charge < -0.3 is 5.32 Å². The van der Waals surface area contributed by atoms with E-state index in [1.165, 1.54) is 12.1 Å². The molecule has 0 saturated carbocycles. The number of nitrogens with zero attached hydrogens (tertiary/aromatic N) is 1. The summed E-state index contributed by atoms with van der Waals surface area (Å²) < 4.78 is 51.7. The molecule has 0 spiro atoms. The van der Waals surface area contributed by atoms with Gasteiger partial charge >= 0.3 is 6.18 Å². The van der Waals surface area contributed by atoms with Crippen LogP contribution in [0, 0.1) is 5.82 Å². The molecule has 1 aromatic rings. The molecule has 106 valence electrons. The van der Waals surface area contributed by atoms with Gasteiger partial charge in [-0.25, -0.2) is 4.39 Å². The first-order valence-corrected chi connectivity index (χ1v) is 6.19. The lowest BCUT2D eigenvalue weighted by atomic mass is 10.1. The summed E-state index contributed by atoms with van der Waals surface area (Å²) in [5.74, 6) is -1.15. The molecule has 0 unspecified atom stereocenters. The van der Waals surface area contributed by atoms with Gasteiger partial charge in [-0.3, -0.25) is 4.90 Å². The van der Waals surface area contributed by atoms with Crippen molar-refractivity contribution in [3.8, 4) is 0 Å². The summed E-state index contributed by atoms with van der Waals surface area (Å²) in [6.07, 6.45) is -4.64. The summed E-state index contributed by atoms with van der Waals surface area (Å²) in [7, 11) is 0. The molecule has 1 aliphatic heterocycles. The highest BCUT2D eigenvalue weighted by Gasteiger charge is 2.35. The average Bonchev–Trinajstić information content (AvgIpc) is 2.33. The van der Waals surface area contributed by atoms with Crippen molar-refractivity contribution in [2.45, 2.75) is 25.7 Å². The number of rotatable bonds is 2. The molecule has 0 aliphatic carbocycles. The molecule has 6 heteroatoms. The summed E-state index contributed by atoms with van der Waals surface area (Å²) in [4.78, 5) is 1.98. The van der Waals surface area contributed by atoms with Gasteiger partial charge in [-0.15, -0.1) is 0 Å². The summed E-state index contributed by atoms with van der Waals surface area (Å²) in [5, 5.41) is 3.19. The van der Waals surface area contributed by atoms with Crippen LogP contribution in [0.1, 0.15) is 18.1 Å². The van der Waals surface area contributed by atoms with Crippen molar-refractivity contribution < 1.29 is 17.6 Å². The molecule has 2 nitrogen and oxygen atoms in total. The standard InChI is InChI=1S/C13H16F4N2/c1-9-7-18-5-6-19(9)8-10-3-2-4-11(12(10)14)13(15,16)17/h2-4,9,18H,5-8H2,1H3/t9-/m0/s1. The lowest BCUT2D eigenvalue weighted by Gasteiger charge is -2.34. The smallest absolute Gasteiger partial charge is 0.314 e. The first kappa shape index (κ1) is 14.3. The Kier molecular flexibility index (Phi) is 4.10. The lowest BCUT2D eigenvalue weighted by Crippen LogP contribution is -2.49. The number of halogens is 4. The van der Waals surface area contributed by atoms with Crippen molar-refractivity contribution in [3.05, 3.63) is 35.1 Å². The number of nitrogens with one attached hydrogen (secondary N) is 1. The lowest BCUT2D eigenvalue weighted by molar-refractivity contribution is -0.140. The summed E-state index contributed by atoms with van der Waals surface area (Å²) in [5.41, 5.74) is -1.09. The Morgan fingerprint density at radius 3 is 2.74 bits per heavy atom. The topological polar surface area (TPSA) is 15.3 Å². The molecule has 1 fully saturated rings. The van der Waals surface area contributed by atoms with E-state index < -0.39 is 17.6 Å². The van der Waals surface area contributed by atoms with E-state index in [2.05, 4.69) is 5.32 Å². The second kappa shape index (κ2) is 5.46.